The minimum Gasteiger partial charge on any atom is -0.485 e. The fraction of sp³-hybridized carbons (Fsp3) is 0.143. The largest absolute Gasteiger partial charge is 0.485 e. The third-order valence-electron chi connectivity index (χ3n) is 2.84. The molecule has 0 aliphatic heterocycles. The lowest BCUT2D eigenvalue weighted by Gasteiger charge is -2.10. The molecule has 0 saturated carbocycles. The molecule has 0 unspecified atom stereocenters. The summed E-state index contributed by atoms with van der Waals surface area (Å²) < 4.78 is 5.54. The van der Waals surface area contributed by atoms with E-state index in [4.69, 9.17) is 9.84 Å². The summed E-state index contributed by atoms with van der Waals surface area (Å²) in [5.74, 6) is -0.248. The van der Waals surface area contributed by atoms with E-state index in [1.54, 1.807) is 25.4 Å². The van der Waals surface area contributed by atoms with Crippen molar-refractivity contribution in [2.75, 3.05) is 12.4 Å². The van der Waals surface area contributed by atoms with Crippen molar-refractivity contribution in [3.8, 4) is 5.75 Å². The van der Waals surface area contributed by atoms with Crippen molar-refractivity contribution in [3.63, 3.8) is 0 Å². The third-order valence-corrected chi connectivity index (χ3v) is 2.84. The van der Waals surface area contributed by atoms with Gasteiger partial charge in [-0.2, -0.15) is 0 Å². The normalized spacial score (nSPS) is 10.0. The number of nitro groups is 1. The van der Waals surface area contributed by atoms with E-state index in [-0.39, 0.29) is 17.9 Å². The molecule has 0 spiro atoms. The number of benzene rings is 1. The molecular weight excluding hydrogens is 290 g/mol. The van der Waals surface area contributed by atoms with Gasteiger partial charge in [0.05, 0.1) is 10.5 Å². The molecule has 114 valence electrons. The molecule has 0 amide bonds. The summed E-state index contributed by atoms with van der Waals surface area (Å²) in [5.41, 5.74) is -0.0659. The maximum Gasteiger partial charge on any atom is 0.335 e. The molecule has 0 aliphatic carbocycles. The fourth-order valence-electron chi connectivity index (χ4n) is 1.84. The SMILES string of the molecule is CNc1ncccc1OCc1cc(C(=O)O)cc([N+](=O)[O-])c1. The fourth-order valence-corrected chi connectivity index (χ4v) is 1.84. The number of hydrogen-bond acceptors (Lipinski definition) is 6. The second-order valence-electron chi connectivity index (χ2n) is 4.34. The van der Waals surface area contributed by atoms with Gasteiger partial charge in [0.1, 0.15) is 6.61 Å². The van der Waals surface area contributed by atoms with Gasteiger partial charge in [0.25, 0.3) is 5.69 Å². The number of aromatic nitrogens is 1. The van der Waals surface area contributed by atoms with Crippen molar-refractivity contribution in [2.45, 2.75) is 6.61 Å². The average Bonchev–Trinajstić information content (AvgIpc) is 2.52. The Morgan fingerprint density at radius 2 is 2.23 bits per heavy atom. The Morgan fingerprint density at radius 3 is 2.86 bits per heavy atom. The maximum atomic E-state index is 11.0. The lowest BCUT2D eigenvalue weighted by Crippen LogP contribution is -2.04. The molecule has 8 nitrogen and oxygen atoms in total. The first kappa shape index (κ1) is 15.2. The number of carboxylic acids is 1. The van der Waals surface area contributed by atoms with Crippen LogP contribution in [0.4, 0.5) is 11.5 Å². The van der Waals surface area contributed by atoms with Crippen LogP contribution in [0.2, 0.25) is 0 Å². The number of carboxylic acid groups (broad SMARTS) is 1. The first-order valence-corrected chi connectivity index (χ1v) is 6.28. The molecule has 2 rings (SSSR count). The van der Waals surface area contributed by atoms with Crippen LogP contribution in [0.25, 0.3) is 0 Å². The summed E-state index contributed by atoms with van der Waals surface area (Å²) in [6.07, 6.45) is 1.59. The van der Waals surface area contributed by atoms with Crippen molar-refractivity contribution < 1.29 is 19.6 Å². The van der Waals surface area contributed by atoms with Gasteiger partial charge in [-0.25, -0.2) is 9.78 Å². The molecule has 0 atom stereocenters. The highest BCUT2D eigenvalue weighted by Gasteiger charge is 2.14. The Morgan fingerprint density at radius 1 is 1.45 bits per heavy atom. The van der Waals surface area contributed by atoms with Gasteiger partial charge < -0.3 is 15.2 Å². The van der Waals surface area contributed by atoms with E-state index in [9.17, 15) is 14.9 Å². The molecule has 0 aliphatic rings. The Balaban J connectivity index is 2.25. The number of nitro benzene ring substituents is 1. The van der Waals surface area contributed by atoms with Crippen molar-refractivity contribution in [1.29, 1.82) is 0 Å². The standard InChI is InChI=1S/C14H13N3O5/c1-15-13-12(3-2-4-16-13)22-8-9-5-10(14(18)19)7-11(6-9)17(20)21/h2-7H,8H2,1H3,(H,15,16)(H,18,19). The number of ether oxygens (including phenoxy) is 1. The molecule has 2 N–H and O–H groups in total. The van der Waals surface area contributed by atoms with Gasteiger partial charge >= 0.3 is 5.97 Å². The van der Waals surface area contributed by atoms with Gasteiger partial charge in [-0.15, -0.1) is 0 Å². The lowest BCUT2D eigenvalue weighted by molar-refractivity contribution is -0.385. The summed E-state index contributed by atoms with van der Waals surface area (Å²) in [6.45, 7) is -0.0116. The lowest BCUT2D eigenvalue weighted by atomic mass is 10.1. The Bertz CT molecular complexity index is 685. The monoisotopic (exact) mass is 303 g/mol. The van der Waals surface area contributed by atoms with Gasteiger partial charge in [-0.1, -0.05) is 0 Å². The maximum absolute atomic E-state index is 11.0. The van der Waals surface area contributed by atoms with E-state index in [1.807, 2.05) is 0 Å². The molecule has 0 fully saturated rings. The predicted octanol–water partition coefficient (Wildman–Crippen LogP) is 2.31. The number of rotatable bonds is 6. The number of hydrogen-bond donors (Lipinski definition) is 2. The van der Waals surface area contributed by atoms with Crippen molar-refractivity contribution in [2.24, 2.45) is 0 Å². The highest BCUT2D eigenvalue weighted by atomic mass is 16.6. The molecule has 1 aromatic carbocycles. The Kier molecular flexibility index (Phi) is 4.52. The Labute approximate surface area is 125 Å². The van der Waals surface area contributed by atoms with Crippen molar-refractivity contribution in [1.82, 2.24) is 4.98 Å². The van der Waals surface area contributed by atoms with Crippen LogP contribution in [0.1, 0.15) is 15.9 Å². The van der Waals surface area contributed by atoms with Crippen molar-refractivity contribution in [3.05, 3.63) is 57.8 Å². The van der Waals surface area contributed by atoms with E-state index in [2.05, 4.69) is 10.3 Å². The highest BCUT2D eigenvalue weighted by Crippen LogP contribution is 2.23. The molecule has 2 aromatic rings. The number of pyridine rings is 1. The molecule has 0 saturated heterocycles. The van der Waals surface area contributed by atoms with E-state index in [0.29, 0.717) is 17.1 Å². The summed E-state index contributed by atoms with van der Waals surface area (Å²) >= 11 is 0. The van der Waals surface area contributed by atoms with Gasteiger partial charge in [0.2, 0.25) is 0 Å². The smallest absolute Gasteiger partial charge is 0.335 e. The topological polar surface area (TPSA) is 115 Å². The van der Waals surface area contributed by atoms with Crippen LogP contribution in [0.15, 0.2) is 36.5 Å². The minimum absolute atomic E-state index is 0.0116. The summed E-state index contributed by atoms with van der Waals surface area (Å²) in [6, 6.07) is 7.00. The van der Waals surface area contributed by atoms with Crippen LogP contribution < -0.4 is 10.1 Å². The van der Waals surface area contributed by atoms with Gasteiger partial charge in [0.15, 0.2) is 11.6 Å². The zero-order chi connectivity index (χ0) is 16.1. The Hall–Kier alpha value is -3.16. The number of carbonyl (C=O) groups is 1. The second-order valence-corrected chi connectivity index (χ2v) is 4.34. The number of anilines is 1. The number of nitrogens with zero attached hydrogens (tertiary/aromatic N) is 2. The van der Waals surface area contributed by atoms with Gasteiger partial charge in [-0.05, 0) is 23.8 Å². The van der Waals surface area contributed by atoms with Gasteiger partial charge in [-0.3, -0.25) is 10.1 Å². The molecule has 1 heterocycles. The molecule has 1 aromatic heterocycles. The van der Waals surface area contributed by atoms with Crippen LogP contribution in [0.3, 0.4) is 0 Å². The minimum atomic E-state index is -1.23. The zero-order valence-corrected chi connectivity index (χ0v) is 11.6. The molecule has 22 heavy (non-hydrogen) atoms. The van der Waals surface area contributed by atoms with E-state index in [0.717, 1.165) is 6.07 Å². The second kappa shape index (κ2) is 6.53. The summed E-state index contributed by atoms with van der Waals surface area (Å²) in [5, 5.41) is 22.7. The van der Waals surface area contributed by atoms with Gasteiger partial charge in [0, 0.05) is 25.4 Å². The van der Waals surface area contributed by atoms with Crippen molar-refractivity contribution >= 4 is 17.5 Å². The van der Waals surface area contributed by atoms with E-state index >= 15 is 0 Å². The van der Waals surface area contributed by atoms with Crippen LogP contribution in [0.5, 0.6) is 5.75 Å². The first-order chi connectivity index (χ1) is 10.5. The molecule has 0 radical (unpaired) electrons. The third kappa shape index (κ3) is 3.48. The average molecular weight is 303 g/mol. The summed E-state index contributed by atoms with van der Waals surface area (Å²) in [4.78, 5) is 25.3. The highest BCUT2D eigenvalue weighted by molar-refractivity contribution is 5.88. The zero-order valence-electron chi connectivity index (χ0n) is 11.6. The van der Waals surface area contributed by atoms with Crippen LogP contribution in [-0.4, -0.2) is 28.0 Å². The molecule has 0 bridgehead atoms. The molecular formula is C14H13N3O5. The molecule has 8 heteroatoms. The first-order valence-electron chi connectivity index (χ1n) is 6.28. The van der Waals surface area contributed by atoms with Crippen LogP contribution >= 0.6 is 0 Å². The number of nitrogens with one attached hydrogen (secondary N) is 1. The number of non-ortho nitro benzene ring substituents is 1. The number of aromatic carboxylic acids is 1. The van der Waals surface area contributed by atoms with E-state index < -0.39 is 10.9 Å². The summed E-state index contributed by atoms with van der Waals surface area (Å²) in [7, 11) is 1.69. The van der Waals surface area contributed by atoms with Crippen LogP contribution in [-0.2, 0) is 6.61 Å². The quantitative estimate of drug-likeness (QED) is 0.621. The van der Waals surface area contributed by atoms with E-state index in [1.165, 1.54) is 12.1 Å². The predicted molar refractivity (Wildman–Crippen MR) is 78.2 cm³/mol. The van der Waals surface area contributed by atoms with Crippen LogP contribution in [0, 0.1) is 10.1 Å².